The normalized spacial score (nSPS) is 11.4. The second-order valence-electron chi connectivity index (χ2n) is 6.15. The number of rotatable bonds is 4. The summed E-state index contributed by atoms with van der Waals surface area (Å²) < 4.78 is 28.6. The number of hydrogen-bond acceptors (Lipinski definition) is 4. The molecule has 134 valence electrons. The van der Waals surface area contributed by atoms with E-state index in [1.54, 1.807) is 42.6 Å². The highest BCUT2D eigenvalue weighted by Crippen LogP contribution is 2.26. The average Bonchev–Trinajstić information content (AvgIpc) is 2.67. The number of aryl methyl sites for hydroxylation is 1. The summed E-state index contributed by atoms with van der Waals surface area (Å²) in [5.74, 6) is 0.661. The lowest BCUT2D eigenvalue weighted by Crippen LogP contribution is -2.13. The van der Waals surface area contributed by atoms with E-state index >= 15 is 0 Å². The van der Waals surface area contributed by atoms with E-state index in [9.17, 15) is 8.42 Å². The standard InChI is InChI=1S/C21H17N3O2S/c1-15-22-13-12-20(23-15)17-8-4-9-18(14-17)24-27(25,26)21-11-5-7-16-6-2-3-10-19(16)21/h2-14,24H,1H3. The molecule has 0 aliphatic rings. The molecular formula is C21H17N3O2S. The highest BCUT2D eigenvalue weighted by molar-refractivity contribution is 7.93. The Balaban J connectivity index is 1.72. The van der Waals surface area contributed by atoms with Crippen molar-refractivity contribution in [3.8, 4) is 11.3 Å². The SMILES string of the molecule is Cc1nccc(-c2cccc(NS(=O)(=O)c3cccc4ccccc34)c2)n1. The van der Waals surface area contributed by atoms with Crippen molar-refractivity contribution in [3.63, 3.8) is 0 Å². The van der Waals surface area contributed by atoms with Gasteiger partial charge in [0.1, 0.15) is 5.82 Å². The predicted octanol–water partition coefficient (Wildman–Crippen LogP) is 4.41. The van der Waals surface area contributed by atoms with Crippen LogP contribution in [0.5, 0.6) is 0 Å². The summed E-state index contributed by atoms with van der Waals surface area (Å²) in [5.41, 5.74) is 2.05. The van der Waals surface area contributed by atoms with Gasteiger partial charge in [-0.1, -0.05) is 48.5 Å². The third kappa shape index (κ3) is 3.52. The molecule has 1 aromatic heterocycles. The summed E-state index contributed by atoms with van der Waals surface area (Å²) in [6, 6.07) is 21.7. The highest BCUT2D eigenvalue weighted by Gasteiger charge is 2.17. The maximum absolute atomic E-state index is 13.0. The van der Waals surface area contributed by atoms with Gasteiger partial charge in [0.25, 0.3) is 10.0 Å². The Morgan fingerprint density at radius 1 is 0.889 bits per heavy atom. The van der Waals surface area contributed by atoms with Crippen molar-refractivity contribution in [1.82, 2.24) is 9.97 Å². The zero-order chi connectivity index (χ0) is 18.9. The third-order valence-electron chi connectivity index (χ3n) is 4.23. The summed E-state index contributed by atoms with van der Waals surface area (Å²) in [6.45, 7) is 1.82. The first-order valence-electron chi connectivity index (χ1n) is 8.44. The van der Waals surface area contributed by atoms with Crippen molar-refractivity contribution >= 4 is 26.5 Å². The number of benzene rings is 3. The van der Waals surface area contributed by atoms with E-state index in [4.69, 9.17) is 0 Å². The van der Waals surface area contributed by atoms with Crippen LogP contribution in [0, 0.1) is 6.92 Å². The van der Waals surface area contributed by atoms with Crippen molar-refractivity contribution in [2.24, 2.45) is 0 Å². The Morgan fingerprint density at radius 2 is 1.67 bits per heavy atom. The lowest BCUT2D eigenvalue weighted by molar-refractivity contribution is 0.602. The van der Waals surface area contributed by atoms with Crippen molar-refractivity contribution in [2.75, 3.05) is 4.72 Å². The zero-order valence-corrected chi connectivity index (χ0v) is 15.4. The second kappa shape index (κ2) is 6.81. The molecular weight excluding hydrogens is 358 g/mol. The number of aromatic nitrogens is 2. The first-order chi connectivity index (χ1) is 13.0. The van der Waals surface area contributed by atoms with Gasteiger partial charge in [0.15, 0.2) is 0 Å². The molecule has 5 nitrogen and oxygen atoms in total. The number of nitrogens with one attached hydrogen (secondary N) is 1. The maximum atomic E-state index is 13.0. The fourth-order valence-electron chi connectivity index (χ4n) is 3.00. The van der Waals surface area contributed by atoms with E-state index < -0.39 is 10.0 Å². The smallest absolute Gasteiger partial charge is 0.262 e. The quantitative estimate of drug-likeness (QED) is 0.574. The Labute approximate surface area is 157 Å². The largest absolute Gasteiger partial charge is 0.280 e. The molecule has 6 heteroatoms. The van der Waals surface area contributed by atoms with Crippen LogP contribution in [0.2, 0.25) is 0 Å². The van der Waals surface area contributed by atoms with Gasteiger partial charge in [-0.05, 0) is 36.6 Å². The molecule has 0 spiro atoms. The van der Waals surface area contributed by atoms with Crippen LogP contribution in [-0.2, 0) is 10.0 Å². The minimum atomic E-state index is -3.73. The van der Waals surface area contributed by atoms with Gasteiger partial charge in [0.2, 0.25) is 0 Å². The van der Waals surface area contributed by atoms with Crippen LogP contribution in [0.3, 0.4) is 0 Å². The minimum absolute atomic E-state index is 0.254. The van der Waals surface area contributed by atoms with Crippen LogP contribution in [0.15, 0.2) is 83.9 Å². The van der Waals surface area contributed by atoms with Crippen molar-refractivity contribution in [2.45, 2.75) is 11.8 Å². The number of hydrogen-bond donors (Lipinski definition) is 1. The van der Waals surface area contributed by atoms with Gasteiger partial charge in [0, 0.05) is 22.8 Å². The molecule has 0 atom stereocenters. The number of nitrogens with zero attached hydrogens (tertiary/aromatic N) is 2. The van der Waals surface area contributed by atoms with Crippen molar-refractivity contribution in [1.29, 1.82) is 0 Å². The lowest BCUT2D eigenvalue weighted by atomic mass is 10.1. The molecule has 4 aromatic rings. The molecule has 0 unspecified atom stereocenters. The van der Waals surface area contributed by atoms with Crippen LogP contribution in [-0.4, -0.2) is 18.4 Å². The fraction of sp³-hybridized carbons (Fsp3) is 0.0476. The van der Waals surface area contributed by atoms with Gasteiger partial charge < -0.3 is 0 Å². The Hall–Kier alpha value is -3.25. The number of fused-ring (bicyclic) bond motifs is 1. The summed E-state index contributed by atoms with van der Waals surface area (Å²) in [5, 5.41) is 1.57. The average molecular weight is 375 g/mol. The monoisotopic (exact) mass is 375 g/mol. The first-order valence-corrected chi connectivity index (χ1v) is 9.92. The molecule has 1 N–H and O–H groups in total. The van der Waals surface area contributed by atoms with Crippen LogP contribution in [0.25, 0.3) is 22.0 Å². The Bertz CT molecular complexity index is 1230. The van der Waals surface area contributed by atoms with E-state index in [1.807, 2.05) is 43.3 Å². The fourth-order valence-corrected chi connectivity index (χ4v) is 4.28. The highest BCUT2D eigenvalue weighted by atomic mass is 32.2. The van der Waals surface area contributed by atoms with Crippen LogP contribution >= 0.6 is 0 Å². The molecule has 4 rings (SSSR count). The molecule has 0 aliphatic heterocycles. The van der Waals surface area contributed by atoms with E-state index in [0.717, 1.165) is 16.6 Å². The van der Waals surface area contributed by atoms with E-state index in [0.29, 0.717) is 16.9 Å². The number of sulfonamides is 1. The lowest BCUT2D eigenvalue weighted by Gasteiger charge is -2.11. The first kappa shape index (κ1) is 17.2. The van der Waals surface area contributed by atoms with Crippen molar-refractivity contribution in [3.05, 3.63) is 84.8 Å². The molecule has 0 amide bonds. The Kier molecular flexibility index (Phi) is 4.33. The van der Waals surface area contributed by atoms with Gasteiger partial charge in [0.05, 0.1) is 10.6 Å². The van der Waals surface area contributed by atoms with E-state index in [1.165, 1.54) is 0 Å². The summed E-state index contributed by atoms with van der Waals surface area (Å²) in [6.07, 6.45) is 1.69. The van der Waals surface area contributed by atoms with Gasteiger partial charge in [-0.25, -0.2) is 18.4 Å². The molecule has 0 bridgehead atoms. The maximum Gasteiger partial charge on any atom is 0.262 e. The van der Waals surface area contributed by atoms with Gasteiger partial charge >= 0.3 is 0 Å². The van der Waals surface area contributed by atoms with E-state index in [2.05, 4.69) is 14.7 Å². The van der Waals surface area contributed by atoms with Gasteiger partial charge in [-0.15, -0.1) is 0 Å². The Morgan fingerprint density at radius 3 is 2.52 bits per heavy atom. The molecule has 0 aliphatic carbocycles. The topological polar surface area (TPSA) is 72.0 Å². The summed E-state index contributed by atoms with van der Waals surface area (Å²) in [4.78, 5) is 8.74. The molecule has 0 fully saturated rings. The zero-order valence-electron chi connectivity index (χ0n) is 14.6. The van der Waals surface area contributed by atoms with Gasteiger partial charge in [-0.3, -0.25) is 4.72 Å². The minimum Gasteiger partial charge on any atom is -0.280 e. The summed E-state index contributed by atoms with van der Waals surface area (Å²) >= 11 is 0. The molecule has 0 radical (unpaired) electrons. The molecule has 0 saturated heterocycles. The third-order valence-corrected chi connectivity index (χ3v) is 5.67. The molecule has 1 heterocycles. The van der Waals surface area contributed by atoms with Gasteiger partial charge in [-0.2, -0.15) is 0 Å². The van der Waals surface area contributed by atoms with Crippen LogP contribution in [0.1, 0.15) is 5.82 Å². The van der Waals surface area contributed by atoms with Crippen molar-refractivity contribution < 1.29 is 8.42 Å². The molecule has 3 aromatic carbocycles. The van der Waals surface area contributed by atoms with Crippen LogP contribution < -0.4 is 4.72 Å². The molecule has 27 heavy (non-hydrogen) atoms. The molecule has 0 saturated carbocycles. The predicted molar refractivity (Wildman–Crippen MR) is 107 cm³/mol. The van der Waals surface area contributed by atoms with E-state index in [-0.39, 0.29) is 4.90 Å². The number of anilines is 1. The summed E-state index contributed by atoms with van der Waals surface area (Å²) in [7, 11) is -3.73. The second-order valence-corrected chi connectivity index (χ2v) is 7.80. The van der Waals surface area contributed by atoms with Crippen LogP contribution in [0.4, 0.5) is 5.69 Å².